The van der Waals surface area contributed by atoms with Gasteiger partial charge in [-0.15, -0.1) is 0 Å². The third kappa shape index (κ3) is 5.21. The van der Waals surface area contributed by atoms with Crippen LogP contribution in [0.2, 0.25) is 5.04 Å². The number of piperidine rings is 1. The number of carbonyl (C=O) groups is 1. The molecule has 0 spiro atoms. The maximum Gasteiger partial charge on any atom is 0.335 e. The first-order chi connectivity index (χ1) is 23.9. The molecule has 270 valence electrons. The minimum absolute atomic E-state index is 0.00469. The molecule has 1 saturated heterocycles. The van der Waals surface area contributed by atoms with Crippen molar-refractivity contribution in [2.24, 2.45) is 40.4 Å². The Morgan fingerprint density at radius 2 is 1.52 bits per heavy atom. The van der Waals surface area contributed by atoms with Crippen molar-refractivity contribution in [3.8, 4) is 0 Å². The first kappa shape index (κ1) is 34.9. The lowest BCUT2D eigenvalue weighted by atomic mass is 9.45. The molecule has 4 saturated carbocycles. The minimum Gasteiger partial charge on any atom is -0.463 e. The highest BCUT2D eigenvalue weighted by molar-refractivity contribution is 6.99. The zero-order chi connectivity index (χ0) is 35.1. The lowest BCUT2D eigenvalue weighted by Crippen LogP contribution is -2.68. The Kier molecular flexibility index (Phi) is 8.87. The Bertz CT molecular complexity index is 1560. The molecule has 0 unspecified atom stereocenters. The molecule has 8 rings (SSSR count). The van der Waals surface area contributed by atoms with Crippen molar-refractivity contribution in [1.82, 2.24) is 4.90 Å². The number of rotatable bonds is 6. The van der Waals surface area contributed by atoms with Crippen molar-refractivity contribution in [3.63, 3.8) is 0 Å². The Labute approximate surface area is 303 Å². The van der Waals surface area contributed by atoms with Crippen LogP contribution in [0.3, 0.4) is 0 Å². The SMILES string of the molecule is CCOC(=O)C1=C2[C@@H](C[C@H]3[C@@H]4CC[C@H]5C[C@@H](O[Si](c6ccccc6)(c6ccccc6)C(C)(C)C)CC[C@]5(C)[C@H]4CC[C@]23C)N2C[C@@H](C)CC[C@H]12. The molecule has 50 heavy (non-hydrogen) atoms. The highest BCUT2D eigenvalue weighted by Crippen LogP contribution is 2.70. The van der Waals surface area contributed by atoms with Crippen LogP contribution in [-0.4, -0.2) is 50.5 Å². The Balaban J connectivity index is 1.07. The van der Waals surface area contributed by atoms with E-state index in [9.17, 15) is 4.79 Å². The average molecular weight is 694 g/mol. The van der Waals surface area contributed by atoms with Gasteiger partial charge in [-0.05, 0) is 133 Å². The number of hydrogen-bond acceptors (Lipinski definition) is 4. The average Bonchev–Trinajstić information content (AvgIpc) is 3.59. The summed E-state index contributed by atoms with van der Waals surface area (Å²) in [4.78, 5) is 16.5. The maximum absolute atomic E-state index is 13.7. The third-order valence-electron chi connectivity index (χ3n) is 15.6. The summed E-state index contributed by atoms with van der Waals surface area (Å²) in [5.41, 5.74) is 3.11. The van der Waals surface area contributed by atoms with Gasteiger partial charge in [-0.25, -0.2) is 4.79 Å². The van der Waals surface area contributed by atoms with Gasteiger partial charge in [0, 0.05) is 24.7 Å². The Morgan fingerprint density at radius 3 is 2.16 bits per heavy atom. The van der Waals surface area contributed by atoms with E-state index < -0.39 is 8.32 Å². The van der Waals surface area contributed by atoms with Gasteiger partial charge < -0.3 is 9.16 Å². The predicted octanol–water partition coefficient (Wildman–Crippen LogP) is 8.93. The molecule has 4 aliphatic carbocycles. The fourth-order valence-corrected chi connectivity index (χ4v) is 18.1. The Hall–Kier alpha value is -2.21. The number of carbonyl (C=O) groups excluding carboxylic acids is 1. The molecule has 4 nitrogen and oxygen atoms in total. The monoisotopic (exact) mass is 693 g/mol. The molecule has 10 atom stereocenters. The van der Waals surface area contributed by atoms with Crippen molar-refractivity contribution in [2.75, 3.05) is 13.2 Å². The molecule has 2 heterocycles. The second kappa shape index (κ2) is 12.7. The van der Waals surface area contributed by atoms with E-state index >= 15 is 0 Å². The van der Waals surface area contributed by atoms with Gasteiger partial charge in [-0.1, -0.05) is 102 Å². The summed E-state index contributed by atoms with van der Waals surface area (Å²) in [6.45, 7) is 18.5. The molecule has 2 aromatic rings. The summed E-state index contributed by atoms with van der Waals surface area (Å²) in [6.07, 6.45) is 12.7. The topological polar surface area (TPSA) is 38.8 Å². The van der Waals surface area contributed by atoms with Crippen LogP contribution < -0.4 is 10.4 Å². The number of hydrogen-bond donors (Lipinski definition) is 0. The molecule has 0 amide bonds. The summed E-state index contributed by atoms with van der Waals surface area (Å²) in [5.74, 6) is 3.61. The highest BCUT2D eigenvalue weighted by Gasteiger charge is 2.65. The van der Waals surface area contributed by atoms with Crippen molar-refractivity contribution in [1.29, 1.82) is 0 Å². The molecule has 0 bridgehead atoms. The second-order valence-electron chi connectivity index (χ2n) is 19.0. The minimum atomic E-state index is -2.58. The molecule has 5 heteroatoms. The highest BCUT2D eigenvalue weighted by atomic mass is 28.4. The number of fused-ring (bicyclic) bond motifs is 9. The van der Waals surface area contributed by atoms with Gasteiger partial charge in [0.05, 0.1) is 12.2 Å². The second-order valence-corrected chi connectivity index (χ2v) is 23.2. The van der Waals surface area contributed by atoms with Gasteiger partial charge in [0.25, 0.3) is 8.32 Å². The lowest BCUT2D eigenvalue weighted by Gasteiger charge is -2.61. The van der Waals surface area contributed by atoms with Crippen LogP contribution in [0.1, 0.15) is 113 Å². The Morgan fingerprint density at radius 1 is 0.840 bits per heavy atom. The van der Waals surface area contributed by atoms with Crippen LogP contribution in [0.15, 0.2) is 71.8 Å². The van der Waals surface area contributed by atoms with E-state index in [1.165, 1.54) is 67.3 Å². The van der Waals surface area contributed by atoms with E-state index in [0.717, 1.165) is 36.8 Å². The van der Waals surface area contributed by atoms with Crippen LogP contribution in [-0.2, 0) is 14.0 Å². The van der Waals surface area contributed by atoms with Crippen molar-refractivity contribution in [2.45, 2.75) is 136 Å². The molecule has 5 fully saturated rings. The summed E-state index contributed by atoms with van der Waals surface area (Å²) >= 11 is 0. The quantitative estimate of drug-likeness (QED) is 0.224. The molecule has 0 aromatic heterocycles. The van der Waals surface area contributed by atoms with Crippen LogP contribution >= 0.6 is 0 Å². The number of ether oxygens (including phenoxy) is 1. The van der Waals surface area contributed by atoms with Gasteiger partial charge in [-0.2, -0.15) is 0 Å². The maximum atomic E-state index is 13.7. The van der Waals surface area contributed by atoms with Crippen LogP contribution in [0, 0.1) is 40.4 Å². The van der Waals surface area contributed by atoms with Gasteiger partial charge in [-0.3, -0.25) is 4.90 Å². The summed E-state index contributed by atoms with van der Waals surface area (Å²) in [6, 6.07) is 23.2. The first-order valence-corrected chi connectivity index (χ1v) is 22.3. The molecule has 6 aliphatic rings. The van der Waals surface area contributed by atoms with Crippen LogP contribution in [0.4, 0.5) is 0 Å². The molecular weight excluding hydrogens is 631 g/mol. The standard InChI is InChI=1S/C45H63NO3Si/c1-8-48-42(47)40-38-22-19-30(2)29-46(38)39-28-37-35-21-20-31-27-32(23-25-44(31,6)36(35)24-26-45(37,7)41(39)40)49-50(43(3,4)5,33-15-11-9-12-16-33)34-17-13-10-14-18-34/h9-18,30-32,35-39H,8,19-29H2,1-7H3/t30-,31-,32-,35+,36-,37-,38+,39+,44-,45-/m0/s1. The van der Waals surface area contributed by atoms with Gasteiger partial charge in [0.15, 0.2) is 0 Å². The van der Waals surface area contributed by atoms with Gasteiger partial charge >= 0.3 is 5.97 Å². The van der Waals surface area contributed by atoms with E-state index in [1.807, 2.05) is 6.92 Å². The zero-order valence-corrected chi connectivity index (χ0v) is 33.0. The first-order valence-electron chi connectivity index (χ1n) is 20.4. The van der Waals surface area contributed by atoms with Gasteiger partial charge in [0.1, 0.15) is 0 Å². The fraction of sp³-hybridized carbons (Fsp3) is 0.667. The molecule has 0 radical (unpaired) electrons. The summed E-state index contributed by atoms with van der Waals surface area (Å²) < 4.78 is 13.6. The molecule has 2 aromatic carbocycles. The van der Waals surface area contributed by atoms with Crippen LogP contribution in [0.25, 0.3) is 0 Å². The van der Waals surface area contributed by atoms with Crippen LogP contribution in [0.5, 0.6) is 0 Å². The van der Waals surface area contributed by atoms with Crippen molar-refractivity contribution >= 4 is 24.7 Å². The third-order valence-corrected chi connectivity index (χ3v) is 20.7. The summed E-state index contributed by atoms with van der Waals surface area (Å²) in [7, 11) is -2.58. The number of nitrogens with zero attached hydrogens (tertiary/aromatic N) is 1. The van der Waals surface area contributed by atoms with E-state index in [-0.39, 0.29) is 22.5 Å². The predicted molar refractivity (Wildman–Crippen MR) is 206 cm³/mol. The lowest BCUT2D eigenvalue weighted by molar-refractivity contribution is -0.139. The molecular formula is C45H63NO3Si. The van der Waals surface area contributed by atoms with E-state index in [0.29, 0.717) is 41.9 Å². The normalized spacial score (nSPS) is 38.5. The molecule has 2 aliphatic heterocycles. The molecule has 0 N–H and O–H groups in total. The van der Waals surface area contributed by atoms with Crippen molar-refractivity contribution < 1.29 is 14.0 Å². The zero-order valence-electron chi connectivity index (χ0n) is 32.0. The number of esters is 1. The van der Waals surface area contributed by atoms with Gasteiger partial charge in [0.2, 0.25) is 0 Å². The largest absolute Gasteiger partial charge is 0.463 e. The fourth-order valence-electron chi connectivity index (χ4n) is 13.4. The number of benzene rings is 2. The van der Waals surface area contributed by atoms with E-state index in [4.69, 9.17) is 9.16 Å². The van der Waals surface area contributed by atoms with Crippen molar-refractivity contribution in [3.05, 3.63) is 71.8 Å². The van der Waals surface area contributed by atoms with E-state index in [1.54, 1.807) is 0 Å². The summed E-state index contributed by atoms with van der Waals surface area (Å²) in [5, 5.41) is 2.80. The van der Waals surface area contributed by atoms with E-state index in [2.05, 4.69) is 107 Å². The smallest absolute Gasteiger partial charge is 0.335 e.